The SMILES string of the molecule is C[C@H](O)c1cc([N+](=O)[O-])c(N(C)C2CCS(=O)(=O)C2)s1. The summed E-state index contributed by atoms with van der Waals surface area (Å²) in [4.78, 5) is 12.7. The summed E-state index contributed by atoms with van der Waals surface area (Å²) < 4.78 is 23.0. The molecular formula is C11H16N2O5S2. The molecule has 1 aliphatic heterocycles. The molecule has 0 aliphatic carbocycles. The summed E-state index contributed by atoms with van der Waals surface area (Å²) in [6.07, 6.45) is -0.314. The fraction of sp³-hybridized carbons (Fsp3) is 0.636. The number of aliphatic hydroxyl groups excluding tert-OH is 1. The Morgan fingerprint density at radius 3 is 2.70 bits per heavy atom. The van der Waals surface area contributed by atoms with Gasteiger partial charge in [0.05, 0.1) is 22.5 Å². The highest BCUT2D eigenvalue weighted by Crippen LogP contribution is 2.41. The molecule has 1 aliphatic rings. The summed E-state index contributed by atoms with van der Waals surface area (Å²) in [5, 5.41) is 21.0. The van der Waals surface area contributed by atoms with Crippen molar-refractivity contribution in [3.63, 3.8) is 0 Å². The van der Waals surface area contributed by atoms with E-state index >= 15 is 0 Å². The van der Waals surface area contributed by atoms with Gasteiger partial charge >= 0.3 is 5.69 Å². The third-order valence-electron chi connectivity index (χ3n) is 3.40. The van der Waals surface area contributed by atoms with Crippen LogP contribution in [-0.2, 0) is 9.84 Å². The van der Waals surface area contributed by atoms with Crippen LogP contribution >= 0.6 is 11.3 Å². The van der Waals surface area contributed by atoms with Crippen molar-refractivity contribution >= 4 is 31.9 Å². The van der Waals surface area contributed by atoms with Gasteiger partial charge in [-0.25, -0.2) is 8.42 Å². The lowest BCUT2D eigenvalue weighted by atomic mass is 10.2. The van der Waals surface area contributed by atoms with Gasteiger partial charge in [0.25, 0.3) is 0 Å². The third kappa shape index (κ3) is 2.94. The lowest BCUT2D eigenvalue weighted by Gasteiger charge is -2.23. The van der Waals surface area contributed by atoms with Crippen LogP contribution in [0, 0.1) is 10.1 Å². The Labute approximate surface area is 120 Å². The van der Waals surface area contributed by atoms with E-state index in [2.05, 4.69) is 0 Å². The van der Waals surface area contributed by atoms with E-state index in [1.54, 1.807) is 18.9 Å². The normalized spacial score (nSPS) is 22.6. The van der Waals surface area contributed by atoms with Crippen molar-refractivity contribution in [3.05, 3.63) is 21.1 Å². The molecule has 0 radical (unpaired) electrons. The largest absolute Gasteiger partial charge is 0.388 e. The van der Waals surface area contributed by atoms with Crippen molar-refractivity contribution in [2.45, 2.75) is 25.5 Å². The monoisotopic (exact) mass is 320 g/mol. The Morgan fingerprint density at radius 2 is 2.25 bits per heavy atom. The molecule has 0 aromatic carbocycles. The minimum Gasteiger partial charge on any atom is -0.388 e. The zero-order chi connectivity index (χ0) is 15.1. The maximum Gasteiger partial charge on any atom is 0.304 e. The summed E-state index contributed by atoms with van der Waals surface area (Å²) in [7, 11) is -1.38. The van der Waals surface area contributed by atoms with Gasteiger partial charge in [0.15, 0.2) is 14.8 Å². The first-order chi connectivity index (χ1) is 9.21. The Kier molecular flexibility index (Phi) is 4.03. The van der Waals surface area contributed by atoms with Crippen LogP contribution in [0.5, 0.6) is 0 Å². The maximum absolute atomic E-state index is 11.5. The van der Waals surface area contributed by atoms with Crippen molar-refractivity contribution in [2.24, 2.45) is 0 Å². The zero-order valence-corrected chi connectivity index (χ0v) is 12.8. The van der Waals surface area contributed by atoms with Crippen LogP contribution in [0.25, 0.3) is 0 Å². The zero-order valence-electron chi connectivity index (χ0n) is 11.1. The van der Waals surface area contributed by atoms with E-state index in [9.17, 15) is 23.6 Å². The Bertz CT molecular complexity index is 623. The van der Waals surface area contributed by atoms with E-state index in [0.717, 1.165) is 11.3 Å². The first-order valence-corrected chi connectivity index (χ1v) is 8.74. The van der Waals surface area contributed by atoms with Gasteiger partial charge < -0.3 is 10.0 Å². The molecule has 112 valence electrons. The first kappa shape index (κ1) is 15.2. The van der Waals surface area contributed by atoms with E-state index in [1.807, 2.05) is 0 Å². The number of nitro groups is 1. The van der Waals surface area contributed by atoms with Crippen molar-refractivity contribution in [1.82, 2.24) is 0 Å². The molecule has 1 aromatic heterocycles. The van der Waals surface area contributed by atoms with E-state index in [-0.39, 0.29) is 23.2 Å². The van der Waals surface area contributed by atoms with Gasteiger partial charge in [-0.1, -0.05) is 0 Å². The summed E-state index contributed by atoms with van der Waals surface area (Å²) in [5.41, 5.74) is -0.0855. The number of nitrogens with zero attached hydrogens (tertiary/aromatic N) is 2. The van der Waals surface area contributed by atoms with Gasteiger partial charge in [0.1, 0.15) is 0 Å². The van der Waals surface area contributed by atoms with E-state index in [1.165, 1.54) is 6.07 Å². The average molecular weight is 320 g/mol. The van der Waals surface area contributed by atoms with Crippen molar-refractivity contribution in [3.8, 4) is 0 Å². The predicted molar refractivity (Wildman–Crippen MR) is 77.1 cm³/mol. The lowest BCUT2D eigenvalue weighted by molar-refractivity contribution is -0.383. The standard InChI is InChI=1S/C11H16N2O5S2/c1-7(14)10-5-9(13(15)16)11(19-10)12(2)8-3-4-20(17,18)6-8/h5,7-8,14H,3-4,6H2,1-2H3/t7-,8?/m0/s1. The molecule has 20 heavy (non-hydrogen) atoms. The molecule has 0 saturated carbocycles. The predicted octanol–water partition coefficient (Wildman–Crippen LogP) is 1.33. The molecule has 1 fully saturated rings. The summed E-state index contributed by atoms with van der Waals surface area (Å²) >= 11 is 1.13. The van der Waals surface area contributed by atoms with Crippen molar-refractivity contribution in [1.29, 1.82) is 0 Å². The highest BCUT2D eigenvalue weighted by molar-refractivity contribution is 7.91. The van der Waals surface area contributed by atoms with E-state index < -0.39 is 20.9 Å². The molecule has 9 heteroatoms. The number of rotatable bonds is 4. The number of anilines is 1. The summed E-state index contributed by atoms with van der Waals surface area (Å²) in [6, 6.07) is 1.10. The van der Waals surface area contributed by atoms with Crippen LogP contribution in [0.1, 0.15) is 24.3 Å². The maximum atomic E-state index is 11.5. The van der Waals surface area contributed by atoms with Gasteiger partial charge in [0, 0.05) is 24.0 Å². The molecule has 2 heterocycles. The number of aliphatic hydroxyl groups is 1. The molecule has 7 nitrogen and oxygen atoms in total. The van der Waals surface area contributed by atoms with Crippen LogP contribution in [0.4, 0.5) is 10.7 Å². The smallest absolute Gasteiger partial charge is 0.304 e. The minimum absolute atomic E-state index is 0.0164. The van der Waals surface area contributed by atoms with Gasteiger partial charge in [-0.05, 0) is 13.3 Å². The Morgan fingerprint density at radius 1 is 1.60 bits per heavy atom. The van der Waals surface area contributed by atoms with Gasteiger partial charge in [-0.2, -0.15) is 0 Å². The molecule has 1 N–H and O–H groups in total. The Balaban J connectivity index is 2.34. The summed E-state index contributed by atoms with van der Waals surface area (Å²) in [6.45, 7) is 1.54. The van der Waals surface area contributed by atoms with Crippen LogP contribution in [-0.4, -0.2) is 43.0 Å². The quantitative estimate of drug-likeness (QED) is 0.663. The van der Waals surface area contributed by atoms with Crippen molar-refractivity contribution < 1.29 is 18.4 Å². The fourth-order valence-electron chi connectivity index (χ4n) is 2.23. The van der Waals surface area contributed by atoms with Gasteiger partial charge in [0.2, 0.25) is 0 Å². The molecule has 2 atom stereocenters. The molecule has 0 spiro atoms. The topological polar surface area (TPSA) is 101 Å². The van der Waals surface area contributed by atoms with E-state index in [4.69, 9.17) is 0 Å². The molecular weight excluding hydrogens is 304 g/mol. The molecule has 1 aromatic rings. The van der Waals surface area contributed by atoms with Gasteiger partial charge in [-0.3, -0.25) is 10.1 Å². The second kappa shape index (κ2) is 5.30. The van der Waals surface area contributed by atoms with E-state index in [0.29, 0.717) is 16.3 Å². The second-order valence-corrected chi connectivity index (χ2v) is 8.23. The average Bonchev–Trinajstić information content (AvgIpc) is 2.91. The second-order valence-electron chi connectivity index (χ2n) is 4.94. The number of hydrogen-bond donors (Lipinski definition) is 1. The number of thiophene rings is 1. The van der Waals surface area contributed by atoms with Crippen LogP contribution in [0.15, 0.2) is 6.07 Å². The third-order valence-corrected chi connectivity index (χ3v) is 6.53. The van der Waals surface area contributed by atoms with Gasteiger partial charge in [-0.15, -0.1) is 11.3 Å². The molecule has 0 amide bonds. The van der Waals surface area contributed by atoms with Crippen LogP contribution in [0.2, 0.25) is 0 Å². The highest BCUT2D eigenvalue weighted by Gasteiger charge is 2.34. The first-order valence-electron chi connectivity index (χ1n) is 6.10. The number of sulfone groups is 1. The molecule has 1 unspecified atom stereocenters. The summed E-state index contributed by atoms with van der Waals surface area (Å²) in [5.74, 6) is 0.132. The Hall–Kier alpha value is -1.19. The molecule has 2 rings (SSSR count). The van der Waals surface area contributed by atoms with Crippen LogP contribution in [0.3, 0.4) is 0 Å². The molecule has 0 bridgehead atoms. The lowest BCUT2D eigenvalue weighted by Crippen LogP contribution is -2.32. The minimum atomic E-state index is -3.05. The highest BCUT2D eigenvalue weighted by atomic mass is 32.2. The molecule has 1 saturated heterocycles. The van der Waals surface area contributed by atoms with Crippen LogP contribution < -0.4 is 4.90 Å². The fourth-order valence-corrected chi connectivity index (χ4v) is 5.10. The number of hydrogen-bond acceptors (Lipinski definition) is 7. The van der Waals surface area contributed by atoms with Crippen molar-refractivity contribution in [2.75, 3.05) is 23.5 Å².